The number of hydrogen-bond acceptors (Lipinski definition) is 4. The Hall–Kier alpha value is -1.22. The SMILES string of the molecule is CC(C)n1cc(-c2nc(N)ncc2I)c2cc(Br)ncc21. The average molecular weight is 458 g/mol. The Morgan fingerprint density at radius 1 is 1.29 bits per heavy atom. The van der Waals surface area contributed by atoms with E-state index in [1.54, 1.807) is 6.20 Å². The van der Waals surface area contributed by atoms with E-state index in [0.717, 1.165) is 30.3 Å². The molecule has 3 aromatic rings. The number of nitrogen functional groups attached to an aromatic ring is 1. The van der Waals surface area contributed by atoms with Gasteiger partial charge in [-0.15, -0.1) is 0 Å². The maximum Gasteiger partial charge on any atom is 0.220 e. The largest absolute Gasteiger partial charge is 0.368 e. The van der Waals surface area contributed by atoms with Crippen molar-refractivity contribution >= 4 is 55.4 Å². The van der Waals surface area contributed by atoms with Crippen LogP contribution >= 0.6 is 38.5 Å². The fourth-order valence-corrected chi connectivity index (χ4v) is 3.19. The maximum atomic E-state index is 5.75. The highest BCUT2D eigenvalue weighted by Crippen LogP contribution is 2.34. The molecule has 0 aliphatic heterocycles. The van der Waals surface area contributed by atoms with Gasteiger partial charge in [-0.2, -0.15) is 0 Å². The summed E-state index contributed by atoms with van der Waals surface area (Å²) in [7, 11) is 0. The molecule has 0 unspecified atom stereocenters. The molecule has 0 aromatic carbocycles. The zero-order chi connectivity index (χ0) is 15.1. The Bertz CT molecular complexity index is 828. The highest BCUT2D eigenvalue weighted by molar-refractivity contribution is 14.1. The van der Waals surface area contributed by atoms with Gasteiger partial charge in [0.05, 0.1) is 21.0 Å². The van der Waals surface area contributed by atoms with Gasteiger partial charge in [0.25, 0.3) is 0 Å². The van der Waals surface area contributed by atoms with Crippen molar-refractivity contribution in [1.82, 2.24) is 19.5 Å². The molecule has 5 nitrogen and oxygen atoms in total. The Balaban J connectivity index is 2.36. The summed E-state index contributed by atoms with van der Waals surface area (Å²) >= 11 is 5.67. The summed E-state index contributed by atoms with van der Waals surface area (Å²) in [5, 5.41) is 1.10. The van der Waals surface area contributed by atoms with Crippen molar-refractivity contribution in [2.45, 2.75) is 19.9 Å². The number of anilines is 1. The first-order chi connectivity index (χ1) is 9.97. The van der Waals surface area contributed by atoms with Crippen molar-refractivity contribution in [3.63, 3.8) is 0 Å². The van der Waals surface area contributed by atoms with Gasteiger partial charge < -0.3 is 10.3 Å². The first-order valence-corrected chi connectivity index (χ1v) is 8.29. The van der Waals surface area contributed by atoms with E-state index in [1.165, 1.54) is 0 Å². The summed E-state index contributed by atoms with van der Waals surface area (Å²) in [6.07, 6.45) is 5.72. The van der Waals surface area contributed by atoms with Crippen LogP contribution in [0.5, 0.6) is 0 Å². The van der Waals surface area contributed by atoms with Gasteiger partial charge in [0.15, 0.2) is 0 Å². The lowest BCUT2D eigenvalue weighted by atomic mass is 10.1. The molecule has 108 valence electrons. The molecule has 3 heterocycles. The predicted molar refractivity (Wildman–Crippen MR) is 96.0 cm³/mol. The second-order valence-corrected chi connectivity index (χ2v) is 6.97. The molecule has 21 heavy (non-hydrogen) atoms. The zero-order valence-electron chi connectivity index (χ0n) is 11.5. The van der Waals surface area contributed by atoms with E-state index >= 15 is 0 Å². The minimum absolute atomic E-state index is 0.281. The van der Waals surface area contributed by atoms with Gasteiger partial charge in [-0.05, 0) is 58.4 Å². The number of halogens is 2. The Labute approximate surface area is 144 Å². The molecular formula is C14H13BrIN5. The van der Waals surface area contributed by atoms with E-state index in [9.17, 15) is 0 Å². The van der Waals surface area contributed by atoms with Gasteiger partial charge in [-0.1, -0.05) is 0 Å². The molecule has 7 heteroatoms. The number of hydrogen-bond donors (Lipinski definition) is 1. The van der Waals surface area contributed by atoms with Crippen molar-refractivity contribution < 1.29 is 0 Å². The van der Waals surface area contributed by atoms with Gasteiger partial charge in [-0.3, -0.25) is 0 Å². The van der Waals surface area contributed by atoms with Crippen LogP contribution < -0.4 is 5.73 Å². The van der Waals surface area contributed by atoms with Crippen molar-refractivity contribution in [2.24, 2.45) is 0 Å². The van der Waals surface area contributed by atoms with E-state index in [2.05, 4.69) is 78.1 Å². The Kier molecular flexibility index (Phi) is 3.87. The standard InChI is InChI=1S/C14H13BrIN5/c1-7(2)21-6-9(8-3-12(15)18-5-11(8)21)13-10(16)4-19-14(17)20-13/h3-7H,1-2H3,(H2,17,19,20). The summed E-state index contributed by atoms with van der Waals surface area (Å²) in [5.74, 6) is 0.281. The lowest BCUT2D eigenvalue weighted by molar-refractivity contribution is 0.622. The molecule has 0 aliphatic carbocycles. The van der Waals surface area contributed by atoms with Crippen molar-refractivity contribution in [1.29, 1.82) is 0 Å². The number of rotatable bonds is 2. The third-order valence-electron chi connectivity index (χ3n) is 3.26. The smallest absolute Gasteiger partial charge is 0.220 e. The average Bonchev–Trinajstić information content (AvgIpc) is 2.80. The molecule has 0 saturated heterocycles. The third-order valence-corrected chi connectivity index (χ3v) is 4.48. The van der Waals surface area contributed by atoms with Gasteiger partial charge >= 0.3 is 0 Å². The van der Waals surface area contributed by atoms with Crippen molar-refractivity contribution in [3.8, 4) is 11.3 Å². The summed E-state index contributed by atoms with van der Waals surface area (Å²) in [5.41, 5.74) is 8.73. The molecular weight excluding hydrogens is 445 g/mol. The quantitative estimate of drug-likeness (QED) is 0.466. The highest BCUT2D eigenvalue weighted by Gasteiger charge is 2.16. The summed E-state index contributed by atoms with van der Waals surface area (Å²) < 4.78 is 3.96. The molecule has 3 rings (SSSR count). The zero-order valence-corrected chi connectivity index (χ0v) is 15.3. The molecule has 0 aliphatic rings. The Morgan fingerprint density at radius 2 is 2.05 bits per heavy atom. The summed E-state index contributed by atoms with van der Waals surface area (Å²) in [6.45, 7) is 4.29. The topological polar surface area (TPSA) is 69.6 Å². The fraction of sp³-hybridized carbons (Fsp3) is 0.214. The van der Waals surface area contributed by atoms with Crippen LogP contribution in [0.3, 0.4) is 0 Å². The second kappa shape index (κ2) is 5.53. The van der Waals surface area contributed by atoms with E-state index in [4.69, 9.17) is 5.73 Å². The van der Waals surface area contributed by atoms with Gasteiger partial charge in [0, 0.05) is 29.4 Å². The molecule has 0 radical (unpaired) electrons. The second-order valence-electron chi connectivity index (χ2n) is 4.99. The molecule has 0 saturated carbocycles. The number of nitrogens with zero attached hydrogens (tertiary/aromatic N) is 4. The molecule has 0 spiro atoms. The highest BCUT2D eigenvalue weighted by atomic mass is 127. The number of pyridine rings is 1. The number of fused-ring (bicyclic) bond motifs is 1. The Morgan fingerprint density at radius 3 is 2.76 bits per heavy atom. The van der Waals surface area contributed by atoms with Crippen LogP contribution in [-0.4, -0.2) is 19.5 Å². The first-order valence-electron chi connectivity index (χ1n) is 6.42. The molecule has 0 atom stereocenters. The van der Waals surface area contributed by atoms with Crippen LogP contribution in [-0.2, 0) is 0 Å². The maximum absolute atomic E-state index is 5.75. The lowest BCUT2D eigenvalue weighted by Gasteiger charge is -2.08. The van der Waals surface area contributed by atoms with Crippen LogP contribution in [0.4, 0.5) is 5.95 Å². The summed E-state index contributed by atoms with van der Waals surface area (Å²) in [6, 6.07) is 2.35. The van der Waals surface area contributed by atoms with Gasteiger partial charge in [-0.25, -0.2) is 15.0 Å². The van der Waals surface area contributed by atoms with E-state index in [-0.39, 0.29) is 5.95 Å². The number of nitrogens with two attached hydrogens (primary N) is 1. The fourth-order valence-electron chi connectivity index (χ4n) is 2.31. The van der Waals surface area contributed by atoms with Gasteiger partial charge in [0.1, 0.15) is 4.60 Å². The minimum Gasteiger partial charge on any atom is -0.368 e. The van der Waals surface area contributed by atoms with Crippen LogP contribution in [0.15, 0.2) is 29.3 Å². The van der Waals surface area contributed by atoms with Crippen molar-refractivity contribution in [2.75, 3.05) is 5.73 Å². The van der Waals surface area contributed by atoms with Crippen LogP contribution in [0.25, 0.3) is 22.2 Å². The molecule has 2 N–H and O–H groups in total. The van der Waals surface area contributed by atoms with Crippen molar-refractivity contribution in [3.05, 3.63) is 32.8 Å². The van der Waals surface area contributed by atoms with Crippen LogP contribution in [0, 0.1) is 3.57 Å². The van der Waals surface area contributed by atoms with Crippen LogP contribution in [0.1, 0.15) is 19.9 Å². The lowest BCUT2D eigenvalue weighted by Crippen LogP contribution is -1.99. The normalized spacial score (nSPS) is 11.5. The predicted octanol–water partition coefficient (Wildman–Crippen LogP) is 4.02. The van der Waals surface area contributed by atoms with E-state index in [1.807, 2.05) is 12.3 Å². The third kappa shape index (κ3) is 2.64. The monoisotopic (exact) mass is 457 g/mol. The first kappa shape index (κ1) is 14.7. The number of aromatic nitrogens is 4. The molecule has 3 aromatic heterocycles. The van der Waals surface area contributed by atoms with E-state index in [0.29, 0.717) is 6.04 Å². The van der Waals surface area contributed by atoms with Crippen LogP contribution in [0.2, 0.25) is 0 Å². The van der Waals surface area contributed by atoms with E-state index < -0.39 is 0 Å². The molecule has 0 bridgehead atoms. The molecule has 0 fully saturated rings. The summed E-state index contributed by atoms with van der Waals surface area (Å²) in [4.78, 5) is 12.8. The minimum atomic E-state index is 0.281. The molecule has 0 amide bonds. The van der Waals surface area contributed by atoms with Gasteiger partial charge in [0.2, 0.25) is 5.95 Å².